The van der Waals surface area contributed by atoms with Gasteiger partial charge in [-0.25, -0.2) is 4.79 Å². The zero-order chi connectivity index (χ0) is 40.7. The summed E-state index contributed by atoms with van der Waals surface area (Å²) < 4.78 is 17.2. The van der Waals surface area contributed by atoms with E-state index in [0.717, 1.165) is 77.0 Å². The molecule has 0 heterocycles. The van der Waals surface area contributed by atoms with Crippen molar-refractivity contribution >= 4 is 17.9 Å². The Morgan fingerprint density at radius 2 is 1.05 bits per heavy atom. The van der Waals surface area contributed by atoms with Gasteiger partial charge in [0.25, 0.3) is 0 Å². The van der Waals surface area contributed by atoms with Crippen molar-refractivity contribution < 1.29 is 38.2 Å². The number of carboxylic acid groups (broad SMARTS) is 1. The Bertz CT molecular complexity index is 1220. The maximum absolute atomic E-state index is 12.7. The number of esters is 2. The number of rotatable bonds is 35. The van der Waals surface area contributed by atoms with E-state index in [2.05, 4.69) is 50.3 Å². The maximum atomic E-state index is 12.7. The molecule has 0 amide bonds. The van der Waals surface area contributed by atoms with Crippen LogP contribution in [0.15, 0.2) is 97.2 Å². The van der Waals surface area contributed by atoms with E-state index in [1.807, 2.05) is 81.9 Å². The lowest BCUT2D eigenvalue weighted by Crippen LogP contribution is -2.50. The minimum Gasteiger partial charge on any atom is -0.477 e. The average molecular weight is 767 g/mol. The summed E-state index contributed by atoms with van der Waals surface area (Å²) in [4.78, 5) is 36.9. The number of unbranched alkanes of at least 4 members (excludes halogenated alkanes) is 10. The maximum Gasteiger partial charge on any atom is 0.362 e. The van der Waals surface area contributed by atoms with Crippen LogP contribution in [0.2, 0.25) is 0 Å². The Hall–Kier alpha value is -3.75. The van der Waals surface area contributed by atoms with Crippen LogP contribution in [0.25, 0.3) is 0 Å². The Balaban J connectivity index is 4.50. The van der Waals surface area contributed by atoms with Crippen LogP contribution in [0.3, 0.4) is 0 Å². The molecule has 2 atom stereocenters. The third-order valence-electron chi connectivity index (χ3n) is 8.64. The zero-order valence-corrected chi connectivity index (χ0v) is 35.1. The predicted molar refractivity (Wildman–Crippen MR) is 229 cm³/mol. The molecule has 55 heavy (non-hydrogen) atoms. The second kappa shape index (κ2) is 37.2. The standard InChI is InChI=1S/C47H75NO7/c1-6-8-10-12-14-16-18-20-22-23-24-26-27-29-31-33-35-37-45(49)54-42-43(41-53-40-39-44(47(51)52)48(3,4)5)55-46(50)38-36-34-32-30-28-25-21-19-17-15-13-11-9-7-2/h8-12,14-18,20,22-24,26-27,43-44H,6-7,13,19,21,25,28-42H2,1-5H3/p+1/b10-8+,11-9+,14-12+,17-15+,18-16+,22-20+,24-23+,27-26+. The fourth-order valence-electron chi connectivity index (χ4n) is 5.45. The summed E-state index contributed by atoms with van der Waals surface area (Å²) >= 11 is 0. The number of hydrogen-bond donors (Lipinski definition) is 1. The zero-order valence-electron chi connectivity index (χ0n) is 35.1. The molecule has 0 aromatic rings. The number of carbonyl (C=O) groups is 3. The highest BCUT2D eigenvalue weighted by molar-refractivity contribution is 5.72. The first-order valence-electron chi connectivity index (χ1n) is 20.9. The van der Waals surface area contributed by atoms with Crippen LogP contribution in [0.4, 0.5) is 0 Å². The molecule has 0 aliphatic heterocycles. The van der Waals surface area contributed by atoms with Crippen LogP contribution in [-0.2, 0) is 28.6 Å². The van der Waals surface area contributed by atoms with Crippen LogP contribution in [0.1, 0.15) is 129 Å². The van der Waals surface area contributed by atoms with Crippen LogP contribution in [-0.4, -0.2) is 80.6 Å². The van der Waals surface area contributed by atoms with Crippen molar-refractivity contribution in [1.82, 2.24) is 0 Å². The second-order valence-electron chi connectivity index (χ2n) is 14.6. The first-order chi connectivity index (χ1) is 26.6. The number of carboxylic acids is 1. The van der Waals surface area contributed by atoms with Crippen molar-refractivity contribution in [2.45, 2.75) is 142 Å². The van der Waals surface area contributed by atoms with Gasteiger partial charge in [0.05, 0.1) is 34.4 Å². The highest BCUT2D eigenvalue weighted by atomic mass is 16.6. The second-order valence-corrected chi connectivity index (χ2v) is 14.6. The Morgan fingerprint density at radius 3 is 1.64 bits per heavy atom. The summed E-state index contributed by atoms with van der Waals surface area (Å²) in [6.07, 6.45) is 48.7. The van der Waals surface area contributed by atoms with Gasteiger partial charge in [-0.15, -0.1) is 0 Å². The van der Waals surface area contributed by atoms with Gasteiger partial charge in [-0.1, -0.05) is 150 Å². The van der Waals surface area contributed by atoms with Gasteiger partial charge in [0.1, 0.15) is 6.61 Å². The molecule has 0 bridgehead atoms. The molecule has 0 aliphatic rings. The lowest BCUT2D eigenvalue weighted by atomic mass is 10.1. The molecular weight excluding hydrogens is 691 g/mol. The molecule has 1 N–H and O–H groups in total. The summed E-state index contributed by atoms with van der Waals surface area (Å²) in [6.45, 7) is 4.40. The van der Waals surface area contributed by atoms with Crippen molar-refractivity contribution in [1.29, 1.82) is 0 Å². The van der Waals surface area contributed by atoms with Gasteiger partial charge >= 0.3 is 17.9 Å². The highest BCUT2D eigenvalue weighted by Crippen LogP contribution is 2.13. The fourth-order valence-corrected chi connectivity index (χ4v) is 5.45. The van der Waals surface area contributed by atoms with Crippen molar-refractivity contribution in [2.75, 3.05) is 41.0 Å². The SMILES string of the molecule is CC/C=C/C=C/C=C/C=C/C=C/C=C/CCCCCC(=O)OCC(COCCC(C(=O)O)[N+](C)(C)C)OC(=O)CCCCCCCCC/C=C/C/C=C/CC. The molecule has 0 saturated heterocycles. The van der Waals surface area contributed by atoms with E-state index in [0.29, 0.717) is 19.3 Å². The molecule has 0 spiro atoms. The number of hydrogen-bond acceptors (Lipinski definition) is 6. The molecule has 0 fully saturated rings. The number of nitrogens with zero attached hydrogens (tertiary/aromatic N) is 1. The van der Waals surface area contributed by atoms with Crippen LogP contribution in [0, 0.1) is 0 Å². The number of aliphatic carboxylic acids is 1. The van der Waals surface area contributed by atoms with Gasteiger partial charge in [0, 0.05) is 19.3 Å². The van der Waals surface area contributed by atoms with Gasteiger partial charge in [-0.3, -0.25) is 9.59 Å². The van der Waals surface area contributed by atoms with E-state index < -0.39 is 18.1 Å². The topological polar surface area (TPSA) is 99.1 Å². The van der Waals surface area contributed by atoms with Crippen molar-refractivity contribution in [3.63, 3.8) is 0 Å². The lowest BCUT2D eigenvalue weighted by Gasteiger charge is -2.31. The molecular formula is C47H76NO7+. The summed E-state index contributed by atoms with van der Waals surface area (Å²) in [5.41, 5.74) is 0. The van der Waals surface area contributed by atoms with Crippen molar-refractivity contribution in [2.24, 2.45) is 0 Å². The molecule has 0 aromatic carbocycles. The van der Waals surface area contributed by atoms with E-state index in [4.69, 9.17) is 14.2 Å². The minimum atomic E-state index is -0.889. The molecule has 310 valence electrons. The summed E-state index contributed by atoms with van der Waals surface area (Å²) in [7, 11) is 5.49. The van der Waals surface area contributed by atoms with Gasteiger partial charge in [-0.05, 0) is 57.8 Å². The van der Waals surface area contributed by atoms with Gasteiger partial charge in [0.15, 0.2) is 12.1 Å². The van der Waals surface area contributed by atoms with E-state index in [1.54, 1.807) is 0 Å². The smallest absolute Gasteiger partial charge is 0.362 e. The Morgan fingerprint density at radius 1 is 0.564 bits per heavy atom. The van der Waals surface area contributed by atoms with E-state index in [-0.39, 0.29) is 36.2 Å². The molecule has 8 heteroatoms. The molecule has 0 aromatic heterocycles. The number of carbonyl (C=O) groups excluding carboxylic acids is 2. The molecule has 0 radical (unpaired) electrons. The summed E-state index contributed by atoms with van der Waals surface area (Å²) in [5.74, 6) is -1.55. The predicted octanol–water partition coefficient (Wildman–Crippen LogP) is 11.1. The third-order valence-corrected chi connectivity index (χ3v) is 8.64. The first kappa shape index (κ1) is 51.2. The summed E-state index contributed by atoms with van der Waals surface area (Å²) in [5, 5.41) is 9.61. The number of likely N-dealkylation sites (N-methyl/N-ethyl adjacent to an activating group) is 1. The van der Waals surface area contributed by atoms with Crippen LogP contribution < -0.4 is 0 Å². The first-order valence-corrected chi connectivity index (χ1v) is 20.9. The van der Waals surface area contributed by atoms with Crippen molar-refractivity contribution in [3.05, 3.63) is 97.2 Å². The molecule has 8 nitrogen and oxygen atoms in total. The average Bonchev–Trinajstić information content (AvgIpc) is 3.14. The lowest BCUT2D eigenvalue weighted by molar-refractivity contribution is -0.887. The molecule has 0 saturated carbocycles. The van der Waals surface area contributed by atoms with E-state index in [9.17, 15) is 19.5 Å². The van der Waals surface area contributed by atoms with E-state index in [1.165, 1.54) is 19.3 Å². The molecule has 0 rings (SSSR count). The van der Waals surface area contributed by atoms with Crippen LogP contribution in [0.5, 0.6) is 0 Å². The van der Waals surface area contributed by atoms with Crippen molar-refractivity contribution in [3.8, 4) is 0 Å². The van der Waals surface area contributed by atoms with Gasteiger partial charge in [0.2, 0.25) is 0 Å². The van der Waals surface area contributed by atoms with Gasteiger partial charge < -0.3 is 23.8 Å². The van der Waals surface area contributed by atoms with E-state index >= 15 is 0 Å². The fraction of sp³-hybridized carbons (Fsp3) is 0.596. The molecule has 2 unspecified atom stereocenters. The highest BCUT2D eigenvalue weighted by Gasteiger charge is 2.31. The quantitative estimate of drug-likeness (QED) is 0.0225. The Labute approximate surface area is 335 Å². The number of quaternary nitrogens is 1. The number of ether oxygens (including phenoxy) is 3. The summed E-state index contributed by atoms with van der Waals surface area (Å²) in [6, 6.07) is -0.628. The minimum absolute atomic E-state index is 0.0364. The largest absolute Gasteiger partial charge is 0.477 e. The Kier molecular flexibility index (Phi) is 34.7. The third kappa shape index (κ3) is 35.7. The molecule has 0 aliphatic carbocycles. The van der Waals surface area contributed by atoms with Gasteiger partial charge in [-0.2, -0.15) is 0 Å². The van der Waals surface area contributed by atoms with Crippen LogP contribution >= 0.6 is 0 Å². The normalized spacial score (nSPS) is 14.0. The number of allylic oxidation sites excluding steroid dienone is 16. The monoisotopic (exact) mass is 767 g/mol.